The van der Waals surface area contributed by atoms with Crippen molar-refractivity contribution < 1.29 is 0 Å². The van der Waals surface area contributed by atoms with Gasteiger partial charge in [-0.2, -0.15) is 0 Å². The van der Waals surface area contributed by atoms with Gasteiger partial charge in [0.1, 0.15) is 12.0 Å². The number of aliphatic imine (C=N–C) groups is 2. The Morgan fingerprint density at radius 3 is 1.77 bits per heavy atom. The van der Waals surface area contributed by atoms with Gasteiger partial charge in [-0.1, -0.05) is 206 Å². The third-order valence-electron chi connectivity index (χ3n) is 12.7. The van der Waals surface area contributed by atoms with Crippen LogP contribution in [0.2, 0.25) is 0 Å². The lowest BCUT2D eigenvalue weighted by Gasteiger charge is -2.33. The molecule has 1 aliphatic carbocycles. The zero-order chi connectivity index (χ0) is 41.0. The van der Waals surface area contributed by atoms with E-state index in [9.17, 15) is 0 Å². The van der Waals surface area contributed by atoms with E-state index >= 15 is 0 Å². The zero-order valence-electron chi connectivity index (χ0n) is 33.9. The molecular formula is C58H40N4. The Hall–Kier alpha value is -8.08. The Bertz CT molecular complexity index is 3310. The minimum atomic E-state index is -0.501. The molecule has 0 spiro atoms. The summed E-state index contributed by atoms with van der Waals surface area (Å²) < 4.78 is 2.46. The average Bonchev–Trinajstić information content (AvgIpc) is 3.85. The SMILES string of the molecule is c1ccc(C2=NC(c3ccccc3)NC(c3cccc(-n4c5cc(-c6ccccc6)ccc5c5c6c(ccc54)C(c4ccccc4)(c4ccccc4)c4ccccc4-6)c3)=N2)cc1. The van der Waals surface area contributed by atoms with Crippen LogP contribution >= 0.6 is 0 Å². The van der Waals surface area contributed by atoms with E-state index < -0.39 is 5.41 Å². The van der Waals surface area contributed by atoms with E-state index in [0.717, 1.165) is 39.2 Å². The molecule has 0 radical (unpaired) electrons. The fourth-order valence-corrected chi connectivity index (χ4v) is 10.0. The number of rotatable bonds is 7. The van der Waals surface area contributed by atoms with E-state index in [1.54, 1.807) is 0 Å². The molecule has 2 heterocycles. The Morgan fingerprint density at radius 1 is 0.452 bits per heavy atom. The lowest BCUT2D eigenvalue weighted by Crippen LogP contribution is -2.33. The van der Waals surface area contributed by atoms with Crippen LogP contribution in [-0.2, 0) is 5.41 Å². The van der Waals surface area contributed by atoms with Crippen LogP contribution in [0.1, 0.15) is 45.1 Å². The topological polar surface area (TPSA) is 41.7 Å². The van der Waals surface area contributed by atoms with E-state index in [4.69, 9.17) is 9.98 Å². The van der Waals surface area contributed by atoms with Crippen LogP contribution in [0.3, 0.4) is 0 Å². The molecule has 0 amide bonds. The molecule has 0 fully saturated rings. The molecule has 62 heavy (non-hydrogen) atoms. The molecule has 10 aromatic rings. The van der Waals surface area contributed by atoms with Gasteiger partial charge in [0.2, 0.25) is 0 Å². The molecule has 2 aliphatic rings. The molecule has 12 rings (SSSR count). The first-order valence-corrected chi connectivity index (χ1v) is 21.3. The zero-order valence-corrected chi connectivity index (χ0v) is 33.9. The number of hydrogen-bond donors (Lipinski definition) is 1. The highest BCUT2D eigenvalue weighted by molar-refractivity contribution is 6.19. The van der Waals surface area contributed by atoms with Crippen LogP contribution in [0.25, 0.3) is 49.7 Å². The molecule has 1 atom stereocenters. The molecule has 1 unspecified atom stereocenters. The molecule has 4 heteroatoms. The first-order valence-electron chi connectivity index (χ1n) is 21.3. The van der Waals surface area contributed by atoms with Crippen molar-refractivity contribution in [1.82, 2.24) is 9.88 Å². The molecule has 0 saturated heterocycles. The maximum absolute atomic E-state index is 5.19. The van der Waals surface area contributed by atoms with E-state index in [2.05, 4.69) is 216 Å². The number of fused-ring (bicyclic) bond motifs is 7. The molecule has 1 aromatic heterocycles. The summed E-state index contributed by atoms with van der Waals surface area (Å²) >= 11 is 0. The molecule has 1 aliphatic heterocycles. The highest BCUT2D eigenvalue weighted by Gasteiger charge is 2.47. The predicted octanol–water partition coefficient (Wildman–Crippen LogP) is 13.3. The summed E-state index contributed by atoms with van der Waals surface area (Å²) in [6.07, 6.45) is -0.290. The number of aromatic nitrogens is 1. The molecule has 0 saturated carbocycles. The van der Waals surface area contributed by atoms with Crippen molar-refractivity contribution in [2.24, 2.45) is 9.98 Å². The number of amidine groups is 2. The first-order chi connectivity index (χ1) is 30.8. The maximum Gasteiger partial charge on any atom is 0.159 e. The second-order valence-corrected chi connectivity index (χ2v) is 16.1. The van der Waals surface area contributed by atoms with Crippen LogP contribution in [0.4, 0.5) is 0 Å². The molecule has 4 nitrogen and oxygen atoms in total. The summed E-state index contributed by atoms with van der Waals surface area (Å²) in [5.41, 5.74) is 15.9. The van der Waals surface area contributed by atoms with Crippen LogP contribution in [-0.4, -0.2) is 16.2 Å². The largest absolute Gasteiger partial charge is 0.344 e. The Kier molecular flexibility index (Phi) is 8.42. The fraction of sp³-hybridized carbons (Fsp3) is 0.0345. The van der Waals surface area contributed by atoms with Gasteiger partial charge in [-0.05, 0) is 74.3 Å². The van der Waals surface area contributed by atoms with Crippen molar-refractivity contribution in [2.75, 3.05) is 0 Å². The van der Waals surface area contributed by atoms with Gasteiger partial charge in [-0.15, -0.1) is 0 Å². The van der Waals surface area contributed by atoms with Crippen molar-refractivity contribution >= 4 is 33.5 Å². The summed E-state index contributed by atoms with van der Waals surface area (Å²) in [6.45, 7) is 0. The highest BCUT2D eigenvalue weighted by Crippen LogP contribution is 2.59. The number of nitrogens with one attached hydrogen (secondary N) is 1. The summed E-state index contributed by atoms with van der Waals surface area (Å²) in [6, 6.07) is 83.0. The van der Waals surface area contributed by atoms with Crippen molar-refractivity contribution in [3.8, 4) is 27.9 Å². The van der Waals surface area contributed by atoms with Crippen molar-refractivity contribution in [1.29, 1.82) is 0 Å². The molecule has 9 aromatic carbocycles. The smallest absolute Gasteiger partial charge is 0.159 e. The maximum atomic E-state index is 5.19. The lowest BCUT2D eigenvalue weighted by molar-refractivity contribution is 0.674. The fourth-order valence-electron chi connectivity index (χ4n) is 10.0. The molecule has 0 bridgehead atoms. The van der Waals surface area contributed by atoms with Crippen LogP contribution in [0, 0.1) is 0 Å². The highest BCUT2D eigenvalue weighted by atomic mass is 15.2. The van der Waals surface area contributed by atoms with Gasteiger partial charge in [0.15, 0.2) is 5.84 Å². The lowest BCUT2D eigenvalue weighted by atomic mass is 9.67. The second kappa shape index (κ2) is 14.6. The van der Waals surface area contributed by atoms with Crippen LogP contribution < -0.4 is 5.32 Å². The number of benzene rings is 9. The molecule has 1 N–H and O–H groups in total. The van der Waals surface area contributed by atoms with Crippen LogP contribution in [0.15, 0.2) is 241 Å². The number of hydrogen-bond acceptors (Lipinski definition) is 3. The molecule has 292 valence electrons. The normalized spacial score (nSPS) is 15.1. The van der Waals surface area contributed by atoms with Crippen molar-refractivity contribution in [2.45, 2.75) is 11.6 Å². The predicted molar refractivity (Wildman–Crippen MR) is 255 cm³/mol. The quantitative estimate of drug-likeness (QED) is 0.172. The van der Waals surface area contributed by atoms with Gasteiger partial charge < -0.3 is 9.88 Å². The van der Waals surface area contributed by atoms with E-state index in [0.29, 0.717) is 5.84 Å². The minimum Gasteiger partial charge on any atom is -0.344 e. The Balaban J connectivity index is 1.12. The van der Waals surface area contributed by atoms with Crippen LogP contribution in [0.5, 0.6) is 0 Å². The van der Waals surface area contributed by atoms with Gasteiger partial charge in [-0.25, -0.2) is 9.98 Å². The first kappa shape index (κ1) is 35.8. The van der Waals surface area contributed by atoms with Crippen molar-refractivity contribution in [3.63, 3.8) is 0 Å². The van der Waals surface area contributed by atoms with Gasteiger partial charge in [0.25, 0.3) is 0 Å². The standard InChI is InChI=1S/C58H40N4/c1-6-19-39(20-7-1)42-33-34-48-52(38-42)62(46-30-18-25-43(37-46)57-60-55(40-21-8-2-9-22-40)59-56(61-57)41-23-10-3-11-24-41)51-36-35-50-53(54(48)51)47-31-16-17-32-49(47)58(50,44-26-12-4-13-27-44)45-28-14-5-15-29-45/h1-38,55H,(H,59,60,61). The van der Waals surface area contributed by atoms with E-state index in [-0.39, 0.29) is 6.17 Å². The Labute approximate surface area is 360 Å². The second-order valence-electron chi connectivity index (χ2n) is 16.1. The average molecular weight is 793 g/mol. The van der Waals surface area contributed by atoms with Gasteiger partial charge in [0.05, 0.1) is 16.4 Å². The summed E-state index contributed by atoms with van der Waals surface area (Å²) in [5, 5.41) is 6.16. The summed E-state index contributed by atoms with van der Waals surface area (Å²) in [5.74, 6) is 1.49. The van der Waals surface area contributed by atoms with Crippen molar-refractivity contribution in [3.05, 3.63) is 269 Å². The van der Waals surface area contributed by atoms with E-state index in [1.807, 2.05) is 24.3 Å². The van der Waals surface area contributed by atoms with Gasteiger partial charge in [0, 0.05) is 27.6 Å². The molecular weight excluding hydrogens is 753 g/mol. The third kappa shape index (κ3) is 5.61. The minimum absolute atomic E-state index is 0.290. The Morgan fingerprint density at radius 2 is 1.06 bits per heavy atom. The van der Waals surface area contributed by atoms with E-state index in [1.165, 1.54) is 55.3 Å². The van der Waals surface area contributed by atoms with Gasteiger partial charge >= 0.3 is 0 Å². The summed E-state index contributed by atoms with van der Waals surface area (Å²) in [4.78, 5) is 10.3. The number of nitrogens with zero attached hydrogens (tertiary/aromatic N) is 3. The van der Waals surface area contributed by atoms with Gasteiger partial charge in [-0.3, -0.25) is 0 Å². The third-order valence-corrected chi connectivity index (χ3v) is 12.7. The summed E-state index contributed by atoms with van der Waals surface area (Å²) in [7, 11) is 0. The monoisotopic (exact) mass is 792 g/mol.